The third-order valence-electron chi connectivity index (χ3n) is 5.88. The van der Waals surface area contributed by atoms with Crippen LogP contribution in [-0.4, -0.2) is 41.3 Å². The number of methoxy groups -OCH3 is 1. The van der Waals surface area contributed by atoms with Crippen molar-refractivity contribution in [2.24, 2.45) is 0 Å². The smallest absolute Gasteiger partial charge is 0.322 e. The van der Waals surface area contributed by atoms with Gasteiger partial charge in [0.2, 0.25) is 5.82 Å². The van der Waals surface area contributed by atoms with E-state index in [2.05, 4.69) is 41.4 Å². The van der Waals surface area contributed by atoms with Crippen molar-refractivity contribution in [1.82, 2.24) is 20.4 Å². The van der Waals surface area contributed by atoms with Crippen LogP contribution < -0.4 is 5.32 Å². The summed E-state index contributed by atoms with van der Waals surface area (Å²) < 4.78 is 10.9. The maximum absolute atomic E-state index is 13.0. The highest BCUT2D eigenvalue weighted by Crippen LogP contribution is 2.37. The Kier molecular flexibility index (Phi) is 6.37. The van der Waals surface area contributed by atoms with Crippen molar-refractivity contribution in [1.29, 1.82) is 0 Å². The summed E-state index contributed by atoms with van der Waals surface area (Å²) in [5.74, 6) is 0.920. The van der Waals surface area contributed by atoms with Gasteiger partial charge >= 0.3 is 6.03 Å². The zero-order valence-electron chi connectivity index (χ0n) is 18.9. The van der Waals surface area contributed by atoms with Gasteiger partial charge in [0.25, 0.3) is 5.89 Å². The topological polar surface area (TPSA) is 80.5 Å². The SMILES string of the molecule is COCCCN1C(=O)NC(c2ccc(C)c(C)c2)C(c2nc(-c3ccccc3)no2)=C1C. The van der Waals surface area contributed by atoms with Crippen LogP contribution >= 0.6 is 0 Å². The van der Waals surface area contributed by atoms with Crippen molar-refractivity contribution in [2.75, 3.05) is 20.3 Å². The maximum Gasteiger partial charge on any atom is 0.322 e. The zero-order chi connectivity index (χ0) is 22.7. The summed E-state index contributed by atoms with van der Waals surface area (Å²) in [4.78, 5) is 19.4. The second kappa shape index (κ2) is 9.36. The summed E-state index contributed by atoms with van der Waals surface area (Å²) in [6.07, 6.45) is 0.724. The second-order valence-corrected chi connectivity index (χ2v) is 8.01. The molecule has 4 rings (SSSR count). The van der Waals surface area contributed by atoms with Crippen molar-refractivity contribution in [3.8, 4) is 11.4 Å². The highest BCUT2D eigenvalue weighted by molar-refractivity contribution is 5.86. The molecule has 2 amide bonds. The van der Waals surface area contributed by atoms with Gasteiger partial charge in [-0.2, -0.15) is 4.98 Å². The Hall–Kier alpha value is -3.45. The number of carbonyl (C=O) groups excluding carboxylic acids is 1. The van der Waals surface area contributed by atoms with Crippen molar-refractivity contribution in [2.45, 2.75) is 33.2 Å². The van der Waals surface area contributed by atoms with Crippen LogP contribution in [0.15, 0.2) is 58.8 Å². The van der Waals surface area contributed by atoms with Gasteiger partial charge in [-0.3, -0.25) is 4.90 Å². The Bertz CT molecular complexity index is 1140. The lowest BCUT2D eigenvalue weighted by Crippen LogP contribution is -2.46. The minimum absolute atomic E-state index is 0.145. The first-order valence-electron chi connectivity index (χ1n) is 10.7. The number of ether oxygens (including phenoxy) is 1. The molecule has 1 unspecified atom stereocenters. The molecule has 0 fully saturated rings. The van der Waals surface area contributed by atoms with Gasteiger partial charge in [0.1, 0.15) is 0 Å². The summed E-state index contributed by atoms with van der Waals surface area (Å²) >= 11 is 0. The summed E-state index contributed by atoms with van der Waals surface area (Å²) in [6.45, 7) is 7.18. The third-order valence-corrected chi connectivity index (χ3v) is 5.88. The molecule has 2 heterocycles. The standard InChI is InChI=1S/C25H28N4O3/c1-16-11-12-20(15-17(16)2)22-21(18(3)29(25(30)26-22)13-8-14-31-4)24-27-23(28-32-24)19-9-6-5-7-10-19/h5-7,9-12,15,22H,8,13-14H2,1-4H3,(H,26,30). The molecule has 0 aliphatic carbocycles. The second-order valence-electron chi connectivity index (χ2n) is 8.01. The van der Waals surface area contributed by atoms with E-state index in [1.54, 1.807) is 12.0 Å². The number of urea groups is 1. The predicted molar refractivity (Wildman–Crippen MR) is 123 cm³/mol. The minimum Gasteiger partial charge on any atom is -0.385 e. The van der Waals surface area contributed by atoms with E-state index in [1.165, 1.54) is 5.56 Å². The summed E-state index contributed by atoms with van der Waals surface area (Å²) in [6, 6.07) is 15.4. The molecular weight excluding hydrogens is 404 g/mol. The van der Waals surface area contributed by atoms with Gasteiger partial charge in [0.15, 0.2) is 0 Å². The predicted octanol–water partition coefficient (Wildman–Crippen LogP) is 4.89. The van der Waals surface area contributed by atoms with Gasteiger partial charge in [-0.25, -0.2) is 4.79 Å². The number of allylic oxidation sites excluding steroid dienone is 1. The first-order chi connectivity index (χ1) is 15.5. The lowest BCUT2D eigenvalue weighted by atomic mass is 9.92. The maximum atomic E-state index is 13.0. The number of nitrogens with one attached hydrogen (secondary N) is 1. The fourth-order valence-electron chi connectivity index (χ4n) is 3.93. The molecular formula is C25H28N4O3. The molecule has 0 radical (unpaired) electrons. The Morgan fingerprint density at radius 3 is 2.59 bits per heavy atom. The molecule has 1 aliphatic rings. The molecule has 1 N–H and O–H groups in total. The van der Waals surface area contributed by atoms with E-state index in [0.717, 1.165) is 34.4 Å². The molecule has 0 bridgehead atoms. The lowest BCUT2D eigenvalue weighted by Gasteiger charge is -2.35. The number of hydrogen-bond donors (Lipinski definition) is 1. The van der Waals surface area contributed by atoms with Gasteiger partial charge in [0, 0.05) is 31.5 Å². The zero-order valence-corrected chi connectivity index (χ0v) is 18.9. The molecule has 0 saturated carbocycles. The first-order valence-corrected chi connectivity index (χ1v) is 10.7. The van der Waals surface area contributed by atoms with Crippen molar-refractivity contribution in [3.05, 3.63) is 76.8 Å². The first kappa shape index (κ1) is 21.8. The highest BCUT2D eigenvalue weighted by atomic mass is 16.5. The van der Waals surface area contributed by atoms with Gasteiger partial charge in [-0.1, -0.05) is 53.7 Å². The van der Waals surface area contributed by atoms with E-state index in [0.29, 0.717) is 24.9 Å². The van der Waals surface area contributed by atoms with E-state index in [-0.39, 0.29) is 12.1 Å². The summed E-state index contributed by atoms with van der Waals surface area (Å²) in [5, 5.41) is 7.35. The Morgan fingerprint density at radius 1 is 1.09 bits per heavy atom. The average molecular weight is 433 g/mol. The molecule has 1 aliphatic heterocycles. The van der Waals surface area contributed by atoms with Gasteiger partial charge in [-0.05, 0) is 43.9 Å². The fraction of sp³-hybridized carbons (Fsp3) is 0.320. The molecule has 166 valence electrons. The average Bonchev–Trinajstić information content (AvgIpc) is 3.28. The van der Waals surface area contributed by atoms with Gasteiger partial charge in [-0.15, -0.1) is 0 Å². The summed E-state index contributed by atoms with van der Waals surface area (Å²) in [5.41, 5.74) is 5.82. The van der Waals surface area contributed by atoms with E-state index >= 15 is 0 Å². The number of amides is 2. The molecule has 7 nitrogen and oxygen atoms in total. The summed E-state index contributed by atoms with van der Waals surface area (Å²) in [7, 11) is 1.66. The number of carbonyl (C=O) groups is 1. The van der Waals surface area contributed by atoms with Crippen LogP contribution in [0.4, 0.5) is 4.79 Å². The van der Waals surface area contributed by atoms with Crippen LogP contribution in [0.1, 0.15) is 42.0 Å². The van der Waals surface area contributed by atoms with Crippen LogP contribution in [-0.2, 0) is 4.74 Å². The number of nitrogens with zero attached hydrogens (tertiary/aromatic N) is 3. The van der Waals surface area contributed by atoms with E-state index < -0.39 is 0 Å². The van der Waals surface area contributed by atoms with Gasteiger partial charge < -0.3 is 14.6 Å². The number of aryl methyl sites for hydroxylation is 2. The third kappa shape index (κ3) is 4.29. The molecule has 0 spiro atoms. The Balaban J connectivity index is 1.79. The van der Waals surface area contributed by atoms with Crippen LogP contribution in [0.3, 0.4) is 0 Å². The number of rotatable bonds is 7. The quantitative estimate of drug-likeness (QED) is 0.538. The Labute approximate surface area is 188 Å². The van der Waals surface area contributed by atoms with Crippen LogP contribution in [0.5, 0.6) is 0 Å². The lowest BCUT2D eigenvalue weighted by molar-refractivity contribution is 0.174. The monoisotopic (exact) mass is 432 g/mol. The molecule has 1 atom stereocenters. The van der Waals surface area contributed by atoms with Crippen molar-refractivity contribution < 1.29 is 14.1 Å². The number of hydrogen-bond acceptors (Lipinski definition) is 5. The molecule has 1 aromatic heterocycles. The van der Waals surface area contributed by atoms with Crippen LogP contribution in [0.2, 0.25) is 0 Å². The largest absolute Gasteiger partial charge is 0.385 e. The van der Waals surface area contributed by atoms with Crippen molar-refractivity contribution in [3.63, 3.8) is 0 Å². The number of aromatic nitrogens is 2. The highest BCUT2D eigenvalue weighted by Gasteiger charge is 2.35. The minimum atomic E-state index is -0.385. The van der Waals surface area contributed by atoms with Gasteiger partial charge in [0.05, 0.1) is 11.6 Å². The molecule has 0 saturated heterocycles. The molecule has 2 aromatic carbocycles. The molecule has 32 heavy (non-hydrogen) atoms. The van der Waals surface area contributed by atoms with Crippen LogP contribution in [0, 0.1) is 13.8 Å². The Morgan fingerprint density at radius 2 is 1.88 bits per heavy atom. The van der Waals surface area contributed by atoms with E-state index in [4.69, 9.17) is 9.26 Å². The normalized spacial score (nSPS) is 16.4. The van der Waals surface area contributed by atoms with Crippen LogP contribution in [0.25, 0.3) is 17.0 Å². The fourth-order valence-corrected chi connectivity index (χ4v) is 3.93. The molecule has 7 heteroatoms. The van der Waals surface area contributed by atoms with E-state index in [9.17, 15) is 4.79 Å². The number of benzene rings is 2. The molecule has 3 aromatic rings. The van der Waals surface area contributed by atoms with Crippen molar-refractivity contribution >= 4 is 11.6 Å². The van der Waals surface area contributed by atoms with E-state index in [1.807, 2.05) is 43.3 Å².